The first-order valence-electron chi connectivity index (χ1n) is 5.97. The lowest BCUT2D eigenvalue weighted by atomic mass is 9.93. The van der Waals surface area contributed by atoms with Gasteiger partial charge < -0.3 is 5.11 Å². The van der Waals surface area contributed by atoms with Crippen molar-refractivity contribution in [1.29, 1.82) is 0 Å². The van der Waals surface area contributed by atoms with E-state index in [0.717, 1.165) is 12.8 Å². The van der Waals surface area contributed by atoms with Crippen LogP contribution in [0.15, 0.2) is 22.1 Å². The molecule has 92 valence electrons. The second kappa shape index (κ2) is 8.22. The van der Waals surface area contributed by atoms with Crippen LogP contribution in [0.3, 0.4) is 0 Å². The smallest absolute Gasteiger partial charge is 0.154 e. The van der Waals surface area contributed by atoms with E-state index >= 15 is 0 Å². The molecule has 0 spiro atoms. The highest BCUT2D eigenvalue weighted by atomic mass is 16.3. The van der Waals surface area contributed by atoms with Crippen LogP contribution in [0.25, 0.3) is 0 Å². The fraction of sp³-hybridized carbons (Fsp3) is 0.692. The molecule has 3 nitrogen and oxygen atoms in total. The summed E-state index contributed by atoms with van der Waals surface area (Å²) in [6.45, 7) is 5.89. The number of nitrogens with zero attached hydrogens (tertiary/aromatic N) is 2. The largest absolute Gasteiger partial charge is 0.382 e. The topological polar surface area (TPSA) is 45.0 Å². The lowest BCUT2D eigenvalue weighted by Gasteiger charge is -2.25. The maximum Gasteiger partial charge on any atom is 0.154 e. The zero-order chi connectivity index (χ0) is 12.4. The molecule has 0 radical (unpaired) electrons. The molecule has 0 aliphatic carbocycles. The first-order chi connectivity index (χ1) is 7.64. The highest BCUT2D eigenvalue weighted by Crippen LogP contribution is 2.20. The van der Waals surface area contributed by atoms with Crippen molar-refractivity contribution in [3.05, 3.63) is 12.2 Å². The molecule has 1 unspecified atom stereocenters. The first kappa shape index (κ1) is 15.0. The summed E-state index contributed by atoms with van der Waals surface area (Å²) < 4.78 is 0. The van der Waals surface area contributed by atoms with Crippen molar-refractivity contribution in [3.63, 3.8) is 0 Å². The lowest BCUT2D eigenvalue weighted by Crippen LogP contribution is -2.36. The number of aliphatic hydroxyl groups is 1. The van der Waals surface area contributed by atoms with Crippen molar-refractivity contribution in [2.45, 2.75) is 52.1 Å². The number of rotatable bonds is 6. The van der Waals surface area contributed by atoms with Gasteiger partial charge in [0.1, 0.15) is 5.60 Å². The molecule has 0 saturated carbocycles. The molecule has 1 atom stereocenters. The molecule has 1 N–H and O–H groups in total. The summed E-state index contributed by atoms with van der Waals surface area (Å²) in [4.78, 5) is 8.20. The molecule has 0 aliphatic heterocycles. The van der Waals surface area contributed by atoms with E-state index in [4.69, 9.17) is 0 Å². The van der Waals surface area contributed by atoms with Crippen molar-refractivity contribution in [3.8, 4) is 0 Å². The quantitative estimate of drug-likeness (QED) is 0.421. The minimum absolute atomic E-state index is 0.530. The third kappa shape index (κ3) is 4.71. The van der Waals surface area contributed by atoms with Crippen LogP contribution < -0.4 is 0 Å². The van der Waals surface area contributed by atoms with Crippen LogP contribution >= 0.6 is 0 Å². The Morgan fingerprint density at radius 3 is 2.44 bits per heavy atom. The van der Waals surface area contributed by atoms with Gasteiger partial charge in [-0.05, 0) is 32.6 Å². The maximum absolute atomic E-state index is 10.4. The van der Waals surface area contributed by atoms with Crippen molar-refractivity contribution in [1.82, 2.24) is 0 Å². The van der Waals surface area contributed by atoms with Gasteiger partial charge in [0.2, 0.25) is 0 Å². The summed E-state index contributed by atoms with van der Waals surface area (Å²) >= 11 is 0. The molecule has 0 saturated heterocycles. The van der Waals surface area contributed by atoms with Gasteiger partial charge >= 0.3 is 0 Å². The van der Waals surface area contributed by atoms with Gasteiger partial charge in [0, 0.05) is 13.3 Å². The Labute approximate surface area is 99.0 Å². The van der Waals surface area contributed by atoms with Crippen LogP contribution in [0.1, 0.15) is 46.5 Å². The van der Waals surface area contributed by atoms with E-state index < -0.39 is 5.60 Å². The molecule has 0 aromatic rings. The van der Waals surface area contributed by atoms with Crippen LogP contribution in [0, 0.1) is 0 Å². The van der Waals surface area contributed by atoms with Crippen LogP contribution in [0.2, 0.25) is 0 Å². The van der Waals surface area contributed by atoms with Crippen LogP contribution in [-0.4, -0.2) is 29.8 Å². The van der Waals surface area contributed by atoms with E-state index in [1.54, 1.807) is 13.3 Å². The standard InChI is InChI=1S/C13H24N2O/c1-5-8-9-10-11-13(16,6-2)12(14-4)15-7-3/h7-9,16H,5-6,10-11H2,1-4H3/b9-8-,14-12?,15-7?. The molecular weight excluding hydrogens is 200 g/mol. The Balaban J connectivity index is 4.57. The second-order valence-electron chi connectivity index (χ2n) is 3.74. The molecule has 3 heteroatoms. The Morgan fingerprint density at radius 2 is 2.00 bits per heavy atom. The summed E-state index contributed by atoms with van der Waals surface area (Å²) in [6, 6.07) is 0. The van der Waals surface area contributed by atoms with E-state index in [0.29, 0.717) is 18.7 Å². The van der Waals surface area contributed by atoms with Gasteiger partial charge in [-0.15, -0.1) is 0 Å². The predicted octanol–water partition coefficient (Wildman–Crippen LogP) is 2.99. The molecule has 0 bridgehead atoms. The van der Waals surface area contributed by atoms with Gasteiger partial charge in [-0.1, -0.05) is 26.0 Å². The first-order valence-corrected chi connectivity index (χ1v) is 5.97. The van der Waals surface area contributed by atoms with Gasteiger partial charge in [0.05, 0.1) is 0 Å². The minimum Gasteiger partial charge on any atom is -0.382 e. The van der Waals surface area contributed by atoms with Crippen molar-refractivity contribution >= 4 is 12.1 Å². The molecule has 0 aliphatic rings. The van der Waals surface area contributed by atoms with Crippen LogP contribution in [0.4, 0.5) is 0 Å². The summed E-state index contributed by atoms with van der Waals surface area (Å²) in [5, 5.41) is 10.4. The Kier molecular flexibility index (Phi) is 7.73. The number of hydrogen-bond acceptors (Lipinski definition) is 2. The molecule has 0 fully saturated rings. The fourth-order valence-corrected chi connectivity index (χ4v) is 1.56. The normalized spacial score (nSPS) is 17.2. The Morgan fingerprint density at radius 1 is 1.31 bits per heavy atom. The molecule has 0 rings (SSSR count). The summed E-state index contributed by atoms with van der Waals surface area (Å²) in [7, 11) is 1.67. The molecular formula is C13H24N2O. The number of allylic oxidation sites excluding steroid dienone is 2. The van der Waals surface area contributed by atoms with E-state index in [1.165, 1.54) is 0 Å². The van der Waals surface area contributed by atoms with E-state index in [2.05, 4.69) is 29.1 Å². The highest BCUT2D eigenvalue weighted by Gasteiger charge is 2.29. The molecule has 0 aromatic carbocycles. The number of amidine groups is 1. The van der Waals surface area contributed by atoms with Crippen molar-refractivity contribution in [2.24, 2.45) is 9.98 Å². The van der Waals surface area contributed by atoms with E-state index in [1.807, 2.05) is 13.8 Å². The zero-order valence-electron chi connectivity index (χ0n) is 10.9. The third-order valence-corrected chi connectivity index (χ3v) is 2.59. The Hall–Kier alpha value is -0.960. The summed E-state index contributed by atoms with van der Waals surface area (Å²) in [6.07, 6.45) is 9.08. The predicted molar refractivity (Wildman–Crippen MR) is 71.4 cm³/mol. The molecule has 0 amide bonds. The van der Waals surface area contributed by atoms with Gasteiger partial charge in [-0.25, -0.2) is 4.99 Å². The van der Waals surface area contributed by atoms with Crippen molar-refractivity contribution in [2.75, 3.05) is 7.05 Å². The monoisotopic (exact) mass is 224 g/mol. The zero-order valence-corrected chi connectivity index (χ0v) is 10.9. The van der Waals surface area contributed by atoms with Gasteiger partial charge in [0.15, 0.2) is 5.84 Å². The molecule has 0 aromatic heterocycles. The molecule has 16 heavy (non-hydrogen) atoms. The van der Waals surface area contributed by atoms with E-state index in [9.17, 15) is 5.11 Å². The fourth-order valence-electron chi connectivity index (χ4n) is 1.56. The average Bonchev–Trinajstić information content (AvgIpc) is 2.31. The Bertz CT molecular complexity index is 269. The van der Waals surface area contributed by atoms with Crippen molar-refractivity contribution < 1.29 is 5.11 Å². The average molecular weight is 224 g/mol. The van der Waals surface area contributed by atoms with Crippen LogP contribution in [-0.2, 0) is 0 Å². The summed E-state index contributed by atoms with van der Waals surface area (Å²) in [5.41, 5.74) is -0.890. The van der Waals surface area contributed by atoms with Gasteiger partial charge in [0.25, 0.3) is 0 Å². The SMILES string of the molecule is CC=NC(=NC)C(O)(CC)CC/C=C\CC. The van der Waals surface area contributed by atoms with E-state index in [-0.39, 0.29) is 0 Å². The second-order valence-corrected chi connectivity index (χ2v) is 3.74. The van der Waals surface area contributed by atoms with Crippen LogP contribution in [0.5, 0.6) is 0 Å². The third-order valence-electron chi connectivity index (χ3n) is 2.59. The highest BCUT2D eigenvalue weighted by molar-refractivity contribution is 5.95. The lowest BCUT2D eigenvalue weighted by molar-refractivity contribution is 0.0978. The van der Waals surface area contributed by atoms with Gasteiger partial charge in [-0.2, -0.15) is 0 Å². The minimum atomic E-state index is -0.890. The number of aliphatic imine (C=N–C) groups is 2. The maximum atomic E-state index is 10.4. The number of hydrogen-bond donors (Lipinski definition) is 1. The molecule has 0 heterocycles. The van der Waals surface area contributed by atoms with Gasteiger partial charge in [-0.3, -0.25) is 4.99 Å². The summed E-state index contributed by atoms with van der Waals surface area (Å²) in [5.74, 6) is 0.530.